The van der Waals surface area contributed by atoms with E-state index in [1.807, 2.05) is 6.92 Å². The molecule has 0 aromatic rings. The summed E-state index contributed by atoms with van der Waals surface area (Å²) in [6.07, 6.45) is 8.78. The van der Waals surface area contributed by atoms with Crippen molar-refractivity contribution < 1.29 is 33.7 Å². The number of hydrogen-bond donors (Lipinski definition) is 1. The van der Waals surface area contributed by atoms with E-state index in [4.69, 9.17) is 14.2 Å². The Morgan fingerprint density at radius 3 is 2.56 bits per heavy atom. The molecule has 10 heteroatoms. The average molecular weight is 576 g/mol. The van der Waals surface area contributed by atoms with Gasteiger partial charge in [0.2, 0.25) is 11.8 Å². The molecule has 1 N–H and O–H groups in total. The van der Waals surface area contributed by atoms with Crippen LogP contribution in [0, 0.1) is 11.8 Å². The van der Waals surface area contributed by atoms with Gasteiger partial charge in [0.15, 0.2) is 0 Å². The lowest BCUT2D eigenvalue weighted by molar-refractivity contribution is -0.162. The van der Waals surface area contributed by atoms with Crippen molar-refractivity contribution >= 4 is 17.8 Å². The molecule has 0 aromatic carbocycles. The van der Waals surface area contributed by atoms with Crippen LogP contribution in [-0.2, 0) is 28.6 Å². The fraction of sp³-hybridized carbons (Fsp3) is 0.774. The van der Waals surface area contributed by atoms with Crippen molar-refractivity contribution in [3.63, 3.8) is 0 Å². The number of amides is 2. The molecule has 0 radical (unpaired) electrons. The number of rotatable bonds is 17. The molecule has 4 aliphatic heterocycles. The molecule has 10 nitrogen and oxygen atoms in total. The van der Waals surface area contributed by atoms with Gasteiger partial charge in [-0.3, -0.25) is 19.3 Å². The molecule has 0 aliphatic carbocycles. The Morgan fingerprint density at radius 1 is 1.12 bits per heavy atom. The van der Waals surface area contributed by atoms with Crippen molar-refractivity contribution in [3.8, 4) is 0 Å². The van der Waals surface area contributed by atoms with Crippen LogP contribution in [0.25, 0.3) is 0 Å². The number of aliphatic hydroxyl groups is 1. The van der Waals surface area contributed by atoms with Gasteiger partial charge in [-0.1, -0.05) is 31.9 Å². The van der Waals surface area contributed by atoms with Gasteiger partial charge in [0.05, 0.1) is 31.3 Å². The van der Waals surface area contributed by atoms with Gasteiger partial charge in [0.25, 0.3) is 0 Å². The summed E-state index contributed by atoms with van der Waals surface area (Å²) in [7, 11) is 0. The van der Waals surface area contributed by atoms with E-state index >= 15 is 0 Å². The molecule has 2 amide bonds. The zero-order valence-electron chi connectivity index (χ0n) is 24.8. The molecule has 4 heterocycles. The van der Waals surface area contributed by atoms with Gasteiger partial charge in [0.1, 0.15) is 17.6 Å². The molecule has 0 aromatic heterocycles. The summed E-state index contributed by atoms with van der Waals surface area (Å²) in [5.74, 6) is -2.23. The van der Waals surface area contributed by atoms with Gasteiger partial charge >= 0.3 is 5.97 Å². The highest BCUT2D eigenvalue weighted by Gasteiger charge is 2.79. The number of aliphatic hydroxyl groups excluding tert-OH is 1. The molecule has 2 unspecified atom stereocenters. The number of carbonyl (C=O) groups excluding carboxylic acids is 3. The van der Waals surface area contributed by atoms with Crippen LogP contribution in [0.1, 0.15) is 58.3 Å². The molecule has 1 spiro atoms. The average Bonchev–Trinajstić information content (AvgIpc) is 3.59. The number of carbonyl (C=O) groups is 3. The second-order valence-corrected chi connectivity index (χ2v) is 11.8. The molecule has 41 heavy (non-hydrogen) atoms. The SMILES string of the molecule is C=CCCOC(=O)[C@H]1[C@H]2C(=O)N(CCCCCCO)C(C(=O)N(CC=C)CCN3CCOCC3)C23CC[C@]1(CC)O3. The van der Waals surface area contributed by atoms with Crippen LogP contribution < -0.4 is 0 Å². The second-order valence-electron chi connectivity index (χ2n) is 11.8. The number of nitrogens with zero attached hydrogens (tertiary/aromatic N) is 3. The lowest BCUT2D eigenvalue weighted by Gasteiger charge is -2.37. The second kappa shape index (κ2) is 14.3. The Kier molecular flexibility index (Phi) is 11.0. The smallest absolute Gasteiger partial charge is 0.312 e. The summed E-state index contributed by atoms with van der Waals surface area (Å²) in [5, 5.41) is 9.18. The van der Waals surface area contributed by atoms with Crippen LogP contribution in [-0.4, -0.2) is 121 Å². The Labute approximate surface area is 244 Å². The summed E-state index contributed by atoms with van der Waals surface area (Å²) in [4.78, 5) is 48.1. The van der Waals surface area contributed by atoms with Gasteiger partial charge in [0, 0.05) is 45.9 Å². The van der Waals surface area contributed by atoms with Crippen molar-refractivity contribution in [1.82, 2.24) is 14.7 Å². The molecular formula is C31H49N3O7. The van der Waals surface area contributed by atoms with Crippen molar-refractivity contribution in [2.75, 3.05) is 65.7 Å². The fourth-order valence-corrected chi connectivity index (χ4v) is 7.38. The van der Waals surface area contributed by atoms with E-state index in [-0.39, 0.29) is 25.0 Å². The normalized spacial score (nSPS) is 30.8. The maximum absolute atomic E-state index is 14.5. The summed E-state index contributed by atoms with van der Waals surface area (Å²) < 4.78 is 18.0. The van der Waals surface area contributed by atoms with Crippen LogP contribution in [0.3, 0.4) is 0 Å². The van der Waals surface area contributed by atoms with Gasteiger partial charge in [-0.25, -0.2) is 0 Å². The highest BCUT2D eigenvalue weighted by Crippen LogP contribution is 2.64. The predicted octanol–water partition coefficient (Wildman–Crippen LogP) is 2.16. The number of hydrogen-bond acceptors (Lipinski definition) is 8. The predicted molar refractivity (Wildman–Crippen MR) is 154 cm³/mol. The minimum atomic E-state index is -1.06. The lowest BCUT2D eigenvalue weighted by atomic mass is 9.65. The molecular weight excluding hydrogens is 526 g/mol. The van der Waals surface area contributed by atoms with Crippen LogP contribution in [0.5, 0.6) is 0 Å². The number of ether oxygens (including phenoxy) is 3. The number of morpholine rings is 1. The minimum absolute atomic E-state index is 0.136. The van der Waals surface area contributed by atoms with Crippen molar-refractivity contribution in [3.05, 3.63) is 25.3 Å². The van der Waals surface area contributed by atoms with E-state index in [1.165, 1.54) is 0 Å². The Hall–Kier alpha value is -2.27. The molecule has 5 atom stereocenters. The van der Waals surface area contributed by atoms with Crippen LogP contribution >= 0.6 is 0 Å². The molecule has 4 rings (SSSR count). The van der Waals surface area contributed by atoms with Crippen LogP contribution in [0.4, 0.5) is 0 Å². The van der Waals surface area contributed by atoms with E-state index in [0.29, 0.717) is 77.9 Å². The van der Waals surface area contributed by atoms with Crippen LogP contribution in [0.2, 0.25) is 0 Å². The van der Waals surface area contributed by atoms with Gasteiger partial charge in [-0.05, 0) is 38.5 Å². The summed E-state index contributed by atoms with van der Waals surface area (Å²) in [6.45, 7) is 14.9. The van der Waals surface area contributed by atoms with E-state index in [9.17, 15) is 19.5 Å². The summed E-state index contributed by atoms with van der Waals surface area (Å²) in [6, 6.07) is -0.804. The molecule has 0 saturated carbocycles. The maximum atomic E-state index is 14.5. The van der Waals surface area contributed by atoms with E-state index in [2.05, 4.69) is 18.1 Å². The van der Waals surface area contributed by atoms with Crippen molar-refractivity contribution in [2.45, 2.75) is 75.5 Å². The molecule has 4 aliphatic rings. The molecule has 2 bridgehead atoms. The minimum Gasteiger partial charge on any atom is -0.465 e. The zero-order chi connectivity index (χ0) is 29.5. The first-order chi connectivity index (χ1) is 19.9. The largest absolute Gasteiger partial charge is 0.465 e. The first-order valence-electron chi connectivity index (χ1n) is 15.5. The van der Waals surface area contributed by atoms with E-state index < -0.39 is 35.0 Å². The topological polar surface area (TPSA) is 109 Å². The Bertz CT molecular complexity index is 954. The summed E-state index contributed by atoms with van der Waals surface area (Å²) >= 11 is 0. The van der Waals surface area contributed by atoms with E-state index in [1.54, 1.807) is 22.0 Å². The third-order valence-electron chi connectivity index (χ3n) is 9.49. The monoisotopic (exact) mass is 575 g/mol. The number of esters is 1. The summed E-state index contributed by atoms with van der Waals surface area (Å²) in [5.41, 5.74) is -1.87. The van der Waals surface area contributed by atoms with E-state index in [0.717, 1.165) is 25.9 Å². The highest BCUT2D eigenvalue weighted by molar-refractivity contribution is 5.98. The van der Waals surface area contributed by atoms with Gasteiger partial charge < -0.3 is 29.1 Å². The Balaban J connectivity index is 1.63. The number of unbranched alkanes of at least 4 members (excludes halogenated alkanes) is 3. The maximum Gasteiger partial charge on any atom is 0.312 e. The Morgan fingerprint density at radius 2 is 1.88 bits per heavy atom. The van der Waals surface area contributed by atoms with Gasteiger partial charge in [-0.15, -0.1) is 13.2 Å². The number of fused-ring (bicyclic) bond motifs is 1. The molecule has 4 fully saturated rings. The quantitative estimate of drug-likeness (QED) is 0.160. The van der Waals surface area contributed by atoms with Crippen molar-refractivity contribution in [1.29, 1.82) is 0 Å². The standard InChI is InChI=1S/C31H49N3O7/c1-4-7-21-40-29(38)25-24-27(36)34(15-10-8-9-11-20-35)26(31(24)13-12-30(25,6-3)41-31)28(37)33(14-5-2)17-16-32-18-22-39-23-19-32/h4-5,24-26,35H,1-2,6-23H2,3H3/t24-,25+,26?,30-,31?/m0/s1. The van der Waals surface area contributed by atoms with Gasteiger partial charge in [-0.2, -0.15) is 0 Å². The third-order valence-corrected chi connectivity index (χ3v) is 9.49. The van der Waals surface area contributed by atoms with Crippen LogP contribution in [0.15, 0.2) is 25.3 Å². The molecule has 4 saturated heterocycles. The fourth-order valence-electron chi connectivity index (χ4n) is 7.38. The first-order valence-corrected chi connectivity index (χ1v) is 15.5. The first kappa shape index (κ1) is 31.7. The van der Waals surface area contributed by atoms with Crippen molar-refractivity contribution in [2.24, 2.45) is 11.8 Å². The molecule has 230 valence electrons. The zero-order valence-corrected chi connectivity index (χ0v) is 24.8. The third kappa shape index (κ3) is 6.26. The number of likely N-dealkylation sites (tertiary alicyclic amines) is 1. The lowest BCUT2D eigenvalue weighted by Crippen LogP contribution is -2.57. The highest BCUT2D eigenvalue weighted by atomic mass is 16.6.